The van der Waals surface area contributed by atoms with Crippen LogP contribution in [-0.2, 0) is 0 Å². The van der Waals surface area contributed by atoms with Crippen molar-refractivity contribution < 1.29 is 56.9 Å². The topological polar surface area (TPSA) is 30.0 Å². The second-order valence-electron chi connectivity index (χ2n) is 0.378. The van der Waals surface area contributed by atoms with E-state index in [4.69, 9.17) is 23.2 Å². The minimum absolute atomic E-state index is 0. The maximum Gasteiger partial charge on any atom is 1.00 e. The van der Waals surface area contributed by atoms with E-state index in [1.54, 1.807) is 0 Å². The van der Waals surface area contributed by atoms with E-state index in [0.717, 1.165) is 0 Å². The number of hydrogen-bond acceptors (Lipinski definition) is 1. The molecule has 0 atom stereocenters. The molecule has 0 amide bonds. The Morgan fingerprint density at radius 3 is 1.17 bits per heavy atom. The van der Waals surface area contributed by atoms with Crippen LogP contribution >= 0.6 is 23.2 Å². The van der Waals surface area contributed by atoms with Crippen molar-refractivity contribution in [1.29, 1.82) is 0 Å². The van der Waals surface area contributed by atoms with Crippen LogP contribution in [-0.4, -0.2) is 17.2 Å². The Kier molecular flexibility index (Phi) is 41.1. The second kappa shape index (κ2) is 15.7. The van der Waals surface area contributed by atoms with Crippen molar-refractivity contribution in [3.05, 3.63) is 0 Å². The minimum atomic E-state index is 0. The molecule has 0 aliphatic rings. The van der Waals surface area contributed by atoms with Crippen LogP contribution in [0.5, 0.6) is 0 Å². The molecular formula is C2H5Cl2KO. The maximum absolute atomic E-state index is 5.05. The van der Waals surface area contributed by atoms with Crippen LogP contribution in [0.4, 0.5) is 0 Å². The fourth-order valence-electron chi connectivity index (χ4n) is 0. The predicted octanol–water partition coefficient (Wildman–Crippen LogP) is -1.71. The zero-order valence-corrected chi connectivity index (χ0v) is 8.25. The van der Waals surface area contributed by atoms with Gasteiger partial charge in [0, 0.05) is 11.8 Å². The fourth-order valence-corrected chi connectivity index (χ4v) is 0. The van der Waals surface area contributed by atoms with E-state index < -0.39 is 0 Å². The quantitative estimate of drug-likeness (QED) is 0.327. The molecule has 0 aromatic carbocycles. The van der Waals surface area contributed by atoms with Crippen molar-refractivity contribution in [1.82, 2.24) is 0 Å². The Bertz CT molecular complexity index is 13.5. The molecule has 0 saturated carbocycles. The van der Waals surface area contributed by atoms with Gasteiger partial charge in [-0.05, 0) is 0 Å². The molecule has 0 aliphatic heterocycles. The molecule has 0 heterocycles. The molecule has 0 radical (unpaired) electrons. The summed E-state index contributed by atoms with van der Waals surface area (Å²) in [6, 6.07) is 0. The summed E-state index contributed by atoms with van der Waals surface area (Å²) in [5.41, 5.74) is 0. The van der Waals surface area contributed by atoms with Crippen molar-refractivity contribution >= 4 is 23.2 Å². The summed E-state index contributed by atoms with van der Waals surface area (Å²) in [5.74, 6) is 1.11. The number of hydrogen-bond donors (Lipinski definition) is 0. The van der Waals surface area contributed by atoms with Gasteiger partial charge in [-0.25, -0.2) is 0 Å². The molecule has 0 bridgehead atoms. The van der Waals surface area contributed by atoms with Gasteiger partial charge in [0.15, 0.2) is 0 Å². The fraction of sp³-hybridized carbons (Fsp3) is 1.00. The molecule has 34 valence electrons. The standard InChI is InChI=1S/C2H4Cl2.K.H2O/c3-1-2-4;;/h1-2H2;;1H2/q;+1;/p-1. The Hall–Kier alpha value is 2.18. The zero-order chi connectivity index (χ0) is 3.41. The molecule has 0 saturated heterocycles. The van der Waals surface area contributed by atoms with Gasteiger partial charge in [0.05, 0.1) is 0 Å². The molecule has 0 unspecified atom stereocenters. The molecule has 0 spiro atoms. The van der Waals surface area contributed by atoms with Gasteiger partial charge in [0.1, 0.15) is 0 Å². The summed E-state index contributed by atoms with van der Waals surface area (Å²) in [5, 5.41) is 0. The third-order valence-electron chi connectivity index (χ3n) is 0.0714. The average Bonchev–Trinajstić information content (AvgIpc) is 1.37. The molecular weight excluding hydrogens is 150 g/mol. The first-order valence-corrected chi connectivity index (χ1v) is 2.10. The van der Waals surface area contributed by atoms with Crippen LogP contribution in [0, 0.1) is 0 Å². The maximum atomic E-state index is 5.05. The van der Waals surface area contributed by atoms with Crippen LogP contribution in [0.15, 0.2) is 0 Å². The van der Waals surface area contributed by atoms with Crippen LogP contribution in [0.25, 0.3) is 0 Å². The molecule has 4 heteroatoms. The first-order valence-electron chi connectivity index (χ1n) is 1.03. The van der Waals surface area contributed by atoms with E-state index in [0.29, 0.717) is 11.8 Å². The van der Waals surface area contributed by atoms with Crippen LogP contribution < -0.4 is 51.4 Å². The molecule has 0 aromatic heterocycles. The third-order valence-corrected chi connectivity index (χ3v) is 0.643. The van der Waals surface area contributed by atoms with Crippen molar-refractivity contribution in [3.8, 4) is 0 Å². The van der Waals surface area contributed by atoms with Gasteiger partial charge in [-0.15, -0.1) is 23.2 Å². The zero-order valence-electron chi connectivity index (χ0n) is 3.62. The van der Waals surface area contributed by atoms with Gasteiger partial charge in [0.2, 0.25) is 0 Å². The molecule has 6 heavy (non-hydrogen) atoms. The Morgan fingerprint density at radius 2 is 1.17 bits per heavy atom. The summed E-state index contributed by atoms with van der Waals surface area (Å²) in [6.07, 6.45) is 0. The van der Waals surface area contributed by atoms with Crippen LogP contribution in [0.1, 0.15) is 0 Å². The van der Waals surface area contributed by atoms with E-state index in [-0.39, 0.29) is 56.9 Å². The van der Waals surface area contributed by atoms with Crippen molar-refractivity contribution in [2.75, 3.05) is 11.8 Å². The van der Waals surface area contributed by atoms with Crippen molar-refractivity contribution in [3.63, 3.8) is 0 Å². The van der Waals surface area contributed by atoms with Gasteiger partial charge in [-0.1, -0.05) is 0 Å². The van der Waals surface area contributed by atoms with Gasteiger partial charge in [-0.2, -0.15) is 0 Å². The summed E-state index contributed by atoms with van der Waals surface area (Å²) in [7, 11) is 0. The molecule has 1 nitrogen and oxygen atoms in total. The van der Waals surface area contributed by atoms with Crippen molar-refractivity contribution in [2.45, 2.75) is 0 Å². The number of alkyl halides is 2. The smallest absolute Gasteiger partial charge is 0.870 e. The largest absolute Gasteiger partial charge is 1.00 e. The van der Waals surface area contributed by atoms with Crippen molar-refractivity contribution in [2.24, 2.45) is 0 Å². The molecule has 1 N–H and O–H groups in total. The van der Waals surface area contributed by atoms with Gasteiger partial charge in [-0.3, -0.25) is 0 Å². The van der Waals surface area contributed by atoms with Crippen LogP contribution in [0.2, 0.25) is 0 Å². The van der Waals surface area contributed by atoms with Gasteiger partial charge < -0.3 is 5.48 Å². The first kappa shape index (κ1) is 15.7. The molecule has 0 rings (SSSR count). The average molecular weight is 155 g/mol. The van der Waals surface area contributed by atoms with E-state index in [2.05, 4.69) is 0 Å². The Morgan fingerprint density at radius 1 is 1.00 bits per heavy atom. The second-order valence-corrected chi connectivity index (χ2v) is 1.13. The summed E-state index contributed by atoms with van der Waals surface area (Å²) < 4.78 is 0. The number of halogens is 2. The summed E-state index contributed by atoms with van der Waals surface area (Å²) >= 11 is 10.1. The van der Waals surface area contributed by atoms with Crippen LogP contribution in [0.3, 0.4) is 0 Å². The number of rotatable bonds is 1. The monoisotopic (exact) mass is 154 g/mol. The molecule has 0 aromatic rings. The third kappa shape index (κ3) is 16.4. The first-order chi connectivity index (χ1) is 1.91. The summed E-state index contributed by atoms with van der Waals surface area (Å²) in [6.45, 7) is 0. The van der Waals surface area contributed by atoms with E-state index in [9.17, 15) is 0 Å². The minimum Gasteiger partial charge on any atom is -0.870 e. The SMILES string of the molecule is ClCCCl.[K+].[OH-]. The van der Waals surface area contributed by atoms with Gasteiger partial charge in [0.25, 0.3) is 0 Å². The predicted molar refractivity (Wildman–Crippen MR) is 23.4 cm³/mol. The Labute approximate surface area is 90.1 Å². The van der Waals surface area contributed by atoms with E-state index >= 15 is 0 Å². The molecule has 0 aliphatic carbocycles. The van der Waals surface area contributed by atoms with E-state index in [1.807, 2.05) is 0 Å². The summed E-state index contributed by atoms with van der Waals surface area (Å²) in [4.78, 5) is 0. The molecule has 0 fully saturated rings. The normalized spacial score (nSPS) is 5.00. The van der Waals surface area contributed by atoms with E-state index in [1.165, 1.54) is 0 Å². The van der Waals surface area contributed by atoms with Gasteiger partial charge >= 0.3 is 51.4 Å². The Balaban J connectivity index is -0.0000000450.